The van der Waals surface area contributed by atoms with Crippen LogP contribution < -0.4 is 15.8 Å². The molecule has 5 aliphatic carbocycles. The molecule has 2 amide bonds. The summed E-state index contributed by atoms with van der Waals surface area (Å²) in [6.45, 7) is 1.53. The molecule has 2 unspecified atom stereocenters. The van der Waals surface area contributed by atoms with E-state index in [0.29, 0.717) is 43.1 Å². The molecule has 34 heavy (non-hydrogen) atoms. The summed E-state index contributed by atoms with van der Waals surface area (Å²) < 4.78 is 28.9. The number of hydrogen-bond donors (Lipinski definition) is 3. The van der Waals surface area contributed by atoms with E-state index in [0.717, 1.165) is 38.2 Å². The lowest BCUT2D eigenvalue weighted by molar-refractivity contribution is -0.385. The van der Waals surface area contributed by atoms with Crippen LogP contribution in [0.25, 0.3) is 0 Å². The second-order valence-corrected chi connectivity index (χ2v) is 12.8. The van der Waals surface area contributed by atoms with Gasteiger partial charge in [0.2, 0.25) is 21.8 Å². The van der Waals surface area contributed by atoms with Gasteiger partial charge in [-0.2, -0.15) is 4.72 Å². The summed E-state index contributed by atoms with van der Waals surface area (Å²) in [6, 6.07) is 3.72. The Labute approximate surface area is 198 Å². The highest BCUT2D eigenvalue weighted by molar-refractivity contribution is 7.89. The highest BCUT2D eigenvalue weighted by atomic mass is 32.2. The van der Waals surface area contributed by atoms with Crippen molar-refractivity contribution in [2.24, 2.45) is 23.0 Å². The van der Waals surface area contributed by atoms with E-state index in [1.807, 2.05) is 0 Å². The highest BCUT2D eigenvalue weighted by Gasteiger charge is 2.61. The number of benzene rings is 1. The Balaban J connectivity index is 1.39. The first-order chi connectivity index (χ1) is 15.9. The average Bonchev–Trinajstić information content (AvgIpc) is 2.69. The van der Waals surface area contributed by atoms with Gasteiger partial charge in [-0.05, 0) is 82.6 Å². The molecule has 1 aromatic rings. The molecular weight excluding hydrogens is 460 g/mol. The van der Waals surface area contributed by atoms with Crippen molar-refractivity contribution in [2.45, 2.75) is 80.7 Å². The summed E-state index contributed by atoms with van der Waals surface area (Å²) in [5.74, 6) is -0.0295. The summed E-state index contributed by atoms with van der Waals surface area (Å²) in [5, 5.41) is 14.5. The molecule has 5 saturated carbocycles. The minimum Gasteiger partial charge on any atom is -0.369 e. The van der Waals surface area contributed by atoms with Crippen LogP contribution in [0.1, 0.15) is 63.4 Å². The zero-order valence-corrected chi connectivity index (χ0v) is 19.9. The molecule has 0 saturated heterocycles. The summed E-state index contributed by atoms with van der Waals surface area (Å²) in [6.07, 6.45) is 5.99. The molecule has 0 aliphatic heterocycles. The van der Waals surface area contributed by atoms with Crippen LogP contribution in [0.2, 0.25) is 0 Å². The molecule has 5 aliphatic rings. The molecule has 2 atom stereocenters. The van der Waals surface area contributed by atoms with E-state index in [1.54, 1.807) is 0 Å². The number of nitrogens with two attached hydrogens (primary N) is 1. The third kappa shape index (κ3) is 3.60. The van der Waals surface area contributed by atoms with Gasteiger partial charge in [-0.1, -0.05) is 6.07 Å². The quantitative estimate of drug-likeness (QED) is 0.391. The van der Waals surface area contributed by atoms with Crippen molar-refractivity contribution in [3.05, 3.63) is 33.9 Å². The monoisotopic (exact) mass is 490 g/mol. The number of sulfonamides is 1. The number of nitro groups is 1. The van der Waals surface area contributed by atoms with Gasteiger partial charge >= 0.3 is 0 Å². The molecule has 0 spiro atoms. The average molecular weight is 491 g/mol. The van der Waals surface area contributed by atoms with Crippen molar-refractivity contribution in [3.63, 3.8) is 0 Å². The lowest BCUT2D eigenvalue weighted by Gasteiger charge is -2.61. The van der Waals surface area contributed by atoms with Crippen LogP contribution in [0.4, 0.5) is 5.69 Å². The van der Waals surface area contributed by atoms with E-state index < -0.39 is 31.4 Å². The molecule has 4 N–H and O–H groups in total. The lowest BCUT2D eigenvalue weighted by Crippen LogP contribution is -2.70. The summed E-state index contributed by atoms with van der Waals surface area (Å²) >= 11 is 0. The number of carbonyl (C=O) groups is 2. The van der Waals surface area contributed by atoms with Crippen molar-refractivity contribution < 1.29 is 22.9 Å². The second kappa shape index (κ2) is 7.48. The van der Waals surface area contributed by atoms with Gasteiger partial charge in [0, 0.05) is 17.2 Å². The van der Waals surface area contributed by atoms with Crippen LogP contribution in [0.5, 0.6) is 0 Å². The fraction of sp³-hybridized carbons (Fsp3) is 0.652. The van der Waals surface area contributed by atoms with Crippen LogP contribution in [0.15, 0.2) is 23.1 Å². The van der Waals surface area contributed by atoms with E-state index in [1.165, 1.54) is 19.1 Å². The van der Waals surface area contributed by atoms with E-state index in [-0.39, 0.29) is 22.4 Å². The Morgan fingerprint density at radius 3 is 2.32 bits per heavy atom. The number of nitrogens with zero attached hydrogens (tertiary/aromatic N) is 1. The van der Waals surface area contributed by atoms with Crippen molar-refractivity contribution in [1.29, 1.82) is 0 Å². The zero-order chi connectivity index (χ0) is 24.5. The Hall–Kier alpha value is -2.53. The predicted octanol–water partition coefficient (Wildman–Crippen LogP) is 2.04. The number of aryl methyl sites for hydroxylation is 1. The lowest BCUT2D eigenvalue weighted by atomic mass is 9.46. The second-order valence-electron chi connectivity index (χ2n) is 11.1. The van der Waals surface area contributed by atoms with Gasteiger partial charge in [0.15, 0.2) is 0 Å². The van der Waals surface area contributed by atoms with E-state index >= 15 is 0 Å². The molecule has 0 heterocycles. The number of amides is 2. The standard InChI is InChI=1S/C23H30N4O6S/c1-14-3-4-17(8-18(14)27(30)31)34(32,33)26-23(5-2-6-23)20(29)25-22-11-15-7-16(12-22)10-21(9-15,13-22)19(24)28/h3-4,8,15-16,26H,2,5-7,9-13H2,1H3,(H2,24,28)(H,25,29). The smallest absolute Gasteiger partial charge is 0.273 e. The van der Waals surface area contributed by atoms with Crippen LogP contribution in [0, 0.1) is 34.3 Å². The first-order valence-corrected chi connectivity index (χ1v) is 13.3. The molecule has 1 aromatic carbocycles. The minimum atomic E-state index is -4.18. The Bertz CT molecular complexity index is 1180. The van der Waals surface area contributed by atoms with Gasteiger partial charge in [0.25, 0.3) is 5.69 Å². The molecule has 11 heteroatoms. The van der Waals surface area contributed by atoms with E-state index in [2.05, 4.69) is 10.0 Å². The minimum absolute atomic E-state index is 0.244. The van der Waals surface area contributed by atoms with Gasteiger partial charge in [-0.3, -0.25) is 19.7 Å². The maximum atomic E-state index is 13.6. The highest BCUT2D eigenvalue weighted by Crippen LogP contribution is 2.61. The molecule has 0 aromatic heterocycles. The van der Waals surface area contributed by atoms with Gasteiger partial charge in [0.1, 0.15) is 5.54 Å². The summed E-state index contributed by atoms with van der Waals surface area (Å²) in [5.41, 5.74) is 3.42. The topological polar surface area (TPSA) is 162 Å². The van der Waals surface area contributed by atoms with Crippen molar-refractivity contribution >= 4 is 27.5 Å². The maximum Gasteiger partial charge on any atom is 0.273 e. The Kier molecular flexibility index (Phi) is 5.11. The van der Waals surface area contributed by atoms with Crippen LogP contribution >= 0.6 is 0 Å². The number of primary amides is 1. The third-order valence-electron chi connectivity index (χ3n) is 8.62. The molecule has 184 valence electrons. The van der Waals surface area contributed by atoms with Crippen LogP contribution in [0.3, 0.4) is 0 Å². The fourth-order valence-corrected chi connectivity index (χ4v) is 8.68. The molecule has 4 bridgehead atoms. The molecule has 10 nitrogen and oxygen atoms in total. The molecular formula is C23H30N4O6S. The normalized spacial score (nSPS) is 33.2. The van der Waals surface area contributed by atoms with Crippen molar-refractivity contribution in [3.8, 4) is 0 Å². The number of nitro benzene ring substituents is 1. The predicted molar refractivity (Wildman–Crippen MR) is 122 cm³/mol. The number of carbonyl (C=O) groups excluding carboxylic acids is 2. The first-order valence-electron chi connectivity index (χ1n) is 11.8. The number of rotatable bonds is 7. The summed E-state index contributed by atoms with van der Waals surface area (Å²) in [4.78, 5) is 36.4. The van der Waals surface area contributed by atoms with Gasteiger partial charge in [-0.15, -0.1) is 0 Å². The van der Waals surface area contributed by atoms with Crippen molar-refractivity contribution in [2.75, 3.05) is 0 Å². The number of hydrogen-bond acceptors (Lipinski definition) is 6. The molecule has 0 radical (unpaired) electrons. The Morgan fingerprint density at radius 1 is 1.15 bits per heavy atom. The molecule has 5 fully saturated rings. The van der Waals surface area contributed by atoms with Crippen molar-refractivity contribution in [1.82, 2.24) is 10.0 Å². The maximum absolute atomic E-state index is 13.6. The summed E-state index contributed by atoms with van der Waals surface area (Å²) in [7, 11) is -4.18. The number of nitrogens with one attached hydrogen (secondary N) is 2. The third-order valence-corrected chi connectivity index (χ3v) is 10.2. The first kappa shape index (κ1) is 23.2. The SMILES string of the molecule is Cc1ccc(S(=O)(=O)NC2(C(=O)NC34CC5CC(C3)CC(C(N)=O)(C5)C4)CCC2)cc1[N+](=O)[O-]. The fourth-order valence-electron chi connectivity index (χ4n) is 7.23. The van der Waals surface area contributed by atoms with Crippen LogP contribution in [-0.2, 0) is 19.6 Å². The van der Waals surface area contributed by atoms with Crippen LogP contribution in [-0.4, -0.2) is 36.2 Å². The molecule has 6 rings (SSSR count). The van der Waals surface area contributed by atoms with E-state index in [4.69, 9.17) is 5.73 Å². The van der Waals surface area contributed by atoms with Gasteiger partial charge < -0.3 is 11.1 Å². The Morgan fingerprint density at radius 2 is 1.79 bits per heavy atom. The van der Waals surface area contributed by atoms with E-state index in [9.17, 15) is 28.1 Å². The van der Waals surface area contributed by atoms with Gasteiger partial charge in [0.05, 0.1) is 15.2 Å². The van der Waals surface area contributed by atoms with Gasteiger partial charge in [-0.25, -0.2) is 8.42 Å². The zero-order valence-electron chi connectivity index (χ0n) is 19.1. The largest absolute Gasteiger partial charge is 0.369 e.